The molecule has 0 aliphatic heterocycles. The van der Waals surface area contributed by atoms with Crippen LogP contribution in [0.5, 0.6) is 0 Å². The van der Waals surface area contributed by atoms with Gasteiger partial charge in [-0.15, -0.1) is 0 Å². The van der Waals surface area contributed by atoms with Gasteiger partial charge in [-0.05, 0) is 51.4 Å². The molecule has 3 unspecified atom stereocenters. The van der Waals surface area contributed by atoms with E-state index in [1.165, 1.54) is 83.5 Å². The van der Waals surface area contributed by atoms with Crippen molar-refractivity contribution in [1.29, 1.82) is 0 Å². The molecule has 11 heteroatoms. The Labute approximate surface area is 335 Å². The molecule has 320 valence electrons. The molecule has 10 nitrogen and oxygen atoms in total. The molecule has 0 aromatic rings. The van der Waals surface area contributed by atoms with Gasteiger partial charge in [0.2, 0.25) is 0 Å². The third-order valence-electron chi connectivity index (χ3n) is 9.12. The molecule has 0 rings (SSSR count). The Kier molecular flexibility index (Phi) is 38.6. The first-order valence-corrected chi connectivity index (χ1v) is 23.2. The van der Waals surface area contributed by atoms with Crippen molar-refractivity contribution in [2.24, 2.45) is 5.73 Å². The first-order valence-electron chi connectivity index (χ1n) is 21.7. The van der Waals surface area contributed by atoms with Crippen molar-refractivity contribution in [2.45, 2.75) is 193 Å². The van der Waals surface area contributed by atoms with E-state index in [1.54, 1.807) is 0 Å². The number of nitrogens with two attached hydrogens (primary N) is 1. The van der Waals surface area contributed by atoms with Crippen molar-refractivity contribution in [3.05, 3.63) is 48.6 Å². The molecule has 0 radical (unpaired) electrons. The van der Waals surface area contributed by atoms with E-state index >= 15 is 0 Å². The van der Waals surface area contributed by atoms with E-state index in [0.29, 0.717) is 13.0 Å². The van der Waals surface area contributed by atoms with Crippen LogP contribution >= 0.6 is 7.82 Å². The summed E-state index contributed by atoms with van der Waals surface area (Å²) in [6.07, 6.45) is 45.9. The lowest BCUT2D eigenvalue weighted by Gasteiger charge is -2.20. The van der Waals surface area contributed by atoms with E-state index in [2.05, 4.69) is 62.5 Å². The Morgan fingerprint density at radius 1 is 0.600 bits per heavy atom. The summed E-state index contributed by atoms with van der Waals surface area (Å²) in [5.41, 5.74) is 5.35. The lowest BCUT2D eigenvalue weighted by molar-refractivity contribution is -0.154. The van der Waals surface area contributed by atoms with E-state index in [0.717, 1.165) is 70.6 Å². The average Bonchev–Trinajstić information content (AvgIpc) is 3.16. The number of ether oxygens (including phenoxy) is 2. The Balaban J connectivity index is 4.21. The summed E-state index contributed by atoms with van der Waals surface area (Å²) < 4.78 is 33.3. The van der Waals surface area contributed by atoms with Crippen molar-refractivity contribution in [2.75, 3.05) is 26.4 Å². The third kappa shape index (κ3) is 39.9. The summed E-state index contributed by atoms with van der Waals surface area (Å²) in [6.45, 7) is 3.76. The van der Waals surface area contributed by atoms with Gasteiger partial charge in [0.05, 0.1) is 19.8 Å². The normalized spacial score (nSPS) is 14.4. The summed E-state index contributed by atoms with van der Waals surface area (Å²) >= 11 is 0. The van der Waals surface area contributed by atoms with Crippen LogP contribution in [0.1, 0.15) is 181 Å². The number of rotatable bonds is 41. The summed E-state index contributed by atoms with van der Waals surface area (Å²) in [4.78, 5) is 33.5. The molecule has 0 amide bonds. The van der Waals surface area contributed by atoms with E-state index in [1.807, 2.05) is 0 Å². The number of allylic oxidation sites excluding steroid dienone is 8. The van der Waals surface area contributed by atoms with Crippen LogP contribution in [0.25, 0.3) is 0 Å². The Hall–Kier alpha value is -2.07. The lowest BCUT2D eigenvalue weighted by atomic mass is 10.1. The van der Waals surface area contributed by atoms with Gasteiger partial charge >= 0.3 is 19.8 Å². The number of carbonyl (C=O) groups excluding carboxylic acids is 1. The molecular weight excluding hydrogens is 717 g/mol. The highest BCUT2D eigenvalue weighted by Gasteiger charge is 2.27. The van der Waals surface area contributed by atoms with Crippen LogP contribution in [-0.4, -0.2) is 60.5 Å². The second kappa shape index (κ2) is 40.1. The third-order valence-corrected chi connectivity index (χ3v) is 10.1. The molecule has 0 aliphatic rings. The predicted molar refractivity (Wildman–Crippen MR) is 226 cm³/mol. The van der Waals surface area contributed by atoms with Crippen LogP contribution < -0.4 is 5.73 Å². The fraction of sp³-hybridized carbons (Fsp3) is 0.773. The van der Waals surface area contributed by atoms with Gasteiger partial charge in [0.25, 0.3) is 0 Å². The fourth-order valence-corrected chi connectivity index (χ4v) is 6.55. The second-order valence-corrected chi connectivity index (χ2v) is 15.9. The van der Waals surface area contributed by atoms with Crippen LogP contribution in [0.3, 0.4) is 0 Å². The van der Waals surface area contributed by atoms with Gasteiger partial charge in [-0.3, -0.25) is 18.6 Å². The van der Waals surface area contributed by atoms with Crippen LogP contribution in [0.4, 0.5) is 0 Å². The molecule has 0 aromatic heterocycles. The largest absolute Gasteiger partial charge is 0.480 e. The van der Waals surface area contributed by atoms with Crippen molar-refractivity contribution in [3.63, 3.8) is 0 Å². The van der Waals surface area contributed by atoms with Gasteiger partial charge in [0.1, 0.15) is 12.1 Å². The maximum absolute atomic E-state index is 12.6. The van der Waals surface area contributed by atoms with Gasteiger partial charge in [-0.1, -0.05) is 172 Å². The lowest BCUT2D eigenvalue weighted by Crippen LogP contribution is -2.34. The summed E-state index contributed by atoms with van der Waals surface area (Å²) in [5.74, 6) is -1.79. The number of phosphoric acid groups is 1. The van der Waals surface area contributed by atoms with E-state index in [4.69, 9.17) is 29.4 Å². The first-order chi connectivity index (χ1) is 26.7. The van der Waals surface area contributed by atoms with Crippen LogP contribution in [0, 0.1) is 0 Å². The van der Waals surface area contributed by atoms with Crippen molar-refractivity contribution < 1.29 is 42.7 Å². The first kappa shape index (κ1) is 52.9. The van der Waals surface area contributed by atoms with Crippen molar-refractivity contribution in [1.82, 2.24) is 0 Å². The molecule has 4 N–H and O–H groups in total. The van der Waals surface area contributed by atoms with Crippen LogP contribution in [0.2, 0.25) is 0 Å². The number of aliphatic carboxylic acids is 1. The van der Waals surface area contributed by atoms with Crippen molar-refractivity contribution in [3.8, 4) is 0 Å². The molecule has 0 saturated heterocycles. The quantitative estimate of drug-likeness (QED) is 0.0236. The predicted octanol–water partition coefficient (Wildman–Crippen LogP) is 11.9. The Morgan fingerprint density at radius 2 is 1.05 bits per heavy atom. The van der Waals surface area contributed by atoms with Gasteiger partial charge in [-0.2, -0.15) is 0 Å². The number of carboxylic acid groups (broad SMARTS) is 1. The zero-order valence-electron chi connectivity index (χ0n) is 34.8. The maximum atomic E-state index is 12.6. The van der Waals surface area contributed by atoms with E-state index < -0.39 is 45.1 Å². The summed E-state index contributed by atoms with van der Waals surface area (Å²) in [7, 11) is -4.62. The molecule has 0 spiro atoms. The topological polar surface area (TPSA) is 155 Å². The average molecular weight is 798 g/mol. The molecule has 55 heavy (non-hydrogen) atoms. The van der Waals surface area contributed by atoms with Crippen LogP contribution in [0.15, 0.2) is 48.6 Å². The zero-order chi connectivity index (χ0) is 40.5. The molecule has 0 aromatic carbocycles. The SMILES string of the molecule is CC/C=C\C/C=C\C/C=C\C/C=C\CCCCCCCCCCC(=O)OC(COCCCCCCCCCCCCCC)COP(=O)(O)OCC(N)C(=O)O. The summed E-state index contributed by atoms with van der Waals surface area (Å²) in [5, 5.41) is 8.89. The molecule has 0 bridgehead atoms. The Bertz CT molecular complexity index is 1060. The number of carbonyl (C=O) groups is 2. The highest BCUT2D eigenvalue weighted by molar-refractivity contribution is 7.47. The van der Waals surface area contributed by atoms with Crippen LogP contribution in [-0.2, 0) is 32.7 Å². The molecule has 0 fully saturated rings. The smallest absolute Gasteiger partial charge is 0.472 e. The van der Waals surface area contributed by atoms with E-state index in [9.17, 15) is 19.0 Å². The number of phosphoric ester groups is 1. The monoisotopic (exact) mass is 798 g/mol. The van der Waals surface area contributed by atoms with Gasteiger partial charge in [0, 0.05) is 13.0 Å². The van der Waals surface area contributed by atoms with Crippen molar-refractivity contribution >= 4 is 19.8 Å². The standard InChI is InChI=1S/C44H80NO9P/c1-3-5-7-9-11-13-15-17-18-19-20-21-22-23-24-25-26-28-30-32-34-36-43(46)54-41(39-52-55(49,50)53-40-42(45)44(47)48)38-51-37-35-33-31-29-27-16-14-12-10-8-6-4-2/h5,7,11,13,17-18,20-21,41-42H,3-4,6,8-10,12,14-16,19,22-40,45H2,1-2H3,(H,47,48)(H,49,50)/b7-5-,13-11-,18-17-,21-20-. The number of hydrogen-bond acceptors (Lipinski definition) is 8. The molecule has 0 aliphatic carbocycles. The second-order valence-electron chi connectivity index (χ2n) is 14.4. The minimum atomic E-state index is -4.62. The minimum Gasteiger partial charge on any atom is -0.480 e. The number of hydrogen-bond donors (Lipinski definition) is 3. The van der Waals surface area contributed by atoms with Gasteiger partial charge in [-0.25, -0.2) is 4.57 Å². The molecule has 0 saturated carbocycles. The molecule has 0 heterocycles. The number of carboxylic acids is 1. The molecular formula is C44H80NO9P. The zero-order valence-corrected chi connectivity index (χ0v) is 35.7. The summed E-state index contributed by atoms with van der Waals surface area (Å²) in [6, 6.07) is -1.47. The number of esters is 1. The highest BCUT2D eigenvalue weighted by atomic mass is 31.2. The van der Waals surface area contributed by atoms with Gasteiger partial charge in [0.15, 0.2) is 0 Å². The molecule has 3 atom stereocenters. The number of unbranched alkanes of at least 4 members (excludes halogenated alkanes) is 19. The minimum absolute atomic E-state index is 0.0146. The fourth-order valence-electron chi connectivity index (χ4n) is 5.77. The Morgan fingerprint density at radius 3 is 1.58 bits per heavy atom. The maximum Gasteiger partial charge on any atom is 0.472 e. The van der Waals surface area contributed by atoms with Gasteiger partial charge < -0.3 is 25.2 Å². The van der Waals surface area contributed by atoms with E-state index in [-0.39, 0.29) is 13.0 Å². The highest BCUT2D eigenvalue weighted by Crippen LogP contribution is 2.43.